The monoisotopic (exact) mass is 505 g/mol. The summed E-state index contributed by atoms with van der Waals surface area (Å²) in [6, 6.07) is 0. The number of carbonyl (C=O) groups excluding carboxylic acids is 1. The van der Waals surface area contributed by atoms with Crippen molar-refractivity contribution >= 4 is 60.2 Å². The molecule has 30 heavy (non-hydrogen) atoms. The molecule has 0 aliphatic carbocycles. The Balaban J connectivity index is 1.70. The molecule has 4 rings (SSSR count). The van der Waals surface area contributed by atoms with E-state index in [4.69, 9.17) is 29.4 Å². The Morgan fingerprint density at radius 3 is 2.93 bits per heavy atom. The number of rotatable bonds is 5. The Morgan fingerprint density at radius 1 is 1.43 bits per heavy atom. The summed E-state index contributed by atoms with van der Waals surface area (Å²) in [6.07, 6.45) is -2.91. The summed E-state index contributed by atoms with van der Waals surface area (Å²) in [5.41, 5.74) is 6.52. The van der Waals surface area contributed by atoms with Gasteiger partial charge in [0.2, 0.25) is 0 Å². The van der Waals surface area contributed by atoms with Crippen LogP contribution < -0.4 is 5.73 Å². The summed E-state index contributed by atoms with van der Waals surface area (Å²) >= 11 is 3.34. The fourth-order valence-electron chi connectivity index (χ4n) is 3.39. The summed E-state index contributed by atoms with van der Waals surface area (Å²) in [4.78, 5) is 45.8. The first-order valence-electron chi connectivity index (χ1n) is 8.91. The van der Waals surface area contributed by atoms with E-state index in [0.29, 0.717) is 15.9 Å². The van der Waals surface area contributed by atoms with E-state index in [1.807, 2.05) is 0 Å². The maximum absolute atomic E-state index is 12.3. The second-order valence-corrected chi connectivity index (χ2v) is 9.92. The predicted octanol–water partition coefficient (Wildman–Crippen LogP) is -0.704. The fourth-order valence-corrected chi connectivity index (χ4v) is 5.27. The summed E-state index contributed by atoms with van der Waals surface area (Å²) in [5.74, 6) is -1.72. The fraction of sp³-hybridized carbons (Fsp3) is 0.500. The molecule has 13 nitrogen and oxygen atoms in total. The Morgan fingerprint density at radius 2 is 2.20 bits per heavy atom. The van der Waals surface area contributed by atoms with Crippen LogP contribution in [0, 0.1) is 0 Å². The number of aliphatic carboxylic acids is 1. The number of anilines is 1. The van der Waals surface area contributed by atoms with Gasteiger partial charge in [0, 0.05) is 0 Å². The number of fused-ring (bicyclic) bond motifs is 2. The molecule has 2 aromatic rings. The van der Waals surface area contributed by atoms with Crippen LogP contribution in [-0.4, -0.2) is 73.9 Å². The van der Waals surface area contributed by atoms with Gasteiger partial charge in [0.25, 0.3) is 0 Å². The van der Waals surface area contributed by atoms with Crippen LogP contribution >= 0.6 is 23.8 Å². The molecule has 2 saturated heterocycles. The second-order valence-electron chi connectivity index (χ2n) is 6.89. The molecule has 162 valence electrons. The SMILES string of the molecule is B[PH]1(O)OC[C@H]2O[C@@H](n3c(Br)nc4c(N)ncnc43)C(OC(=O)CCC(=O)O)[C@@H]2O1. The van der Waals surface area contributed by atoms with Gasteiger partial charge in [0.1, 0.15) is 0 Å². The molecule has 4 heterocycles. The van der Waals surface area contributed by atoms with Gasteiger partial charge >= 0.3 is 179 Å². The van der Waals surface area contributed by atoms with Crippen LogP contribution in [0.4, 0.5) is 5.82 Å². The van der Waals surface area contributed by atoms with Crippen LogP contribution in [0.2, 0.25) is 0 Å². The molecule has 2 aliphatic rings. The number of nitrogen functional groups attached to an aromatic ring is 1. The number of imidazole rings is 1. The summed E-state index contributed by atoms with van der Waals surface area (Å²) in [5, 5.41) is 8.82. The first-order valence-corrected chi connectivity index (χ1v) is 12.0. The molecule has 2 aromatic heterocycles. The van der Waals surface area contributed by atoms with Gasteiger partial charge in [-0.05, 0) is 0 Å². The van der Waals surface area contributed by atoms with Crippen molar-refractivity contribution in [2.45, 2.75) is 37.4 Å². The van der Waals surface area contributed by atoms with E-state index >= 15 is 0 Å². The van der Waals surface area contributed by atoms with Gasteiger partial charge in [-0.25, -0.2) is 0 Å². The molecule has 4 N–H and O–H groups in total. The molecule has 1 unspecified atom stereocenters. The maximum atomic E-state index is 12.3. The molecule has 0 aromatic carbocycles. The van der Waals surface area contributed by atoms with E-state index in [9.17, 15) is 14.5 Å². The Bertz CT molecular complexity index is 1010. The number of esters is 1. The molecule has 16 heteroatoms. The Hall–Kier alpha value is -1.90. The topological polar surface area (TPSA) is 181 Å². The number of aromatic nitrogens is 4. The molecule has 0 radical (unpaired) electrons. The summed E-state index contributed by atoms with van der Waals surface area (Å²) in [6.45, 7) is 0.0327. The summed E-state index contributed by atoms with van der Waals surface area (Å²) < 4.78 is 24.5. The third-order valence-corrected chi connectivity index (χ3v) is 6.65. The van der Waals surface area contributed by atoms with E-state index < -0.39 is 44.3 Å². The minimum absolute atomic E-state index is 0.0327. The number of carbonyl (C=O) groups is 2. The second kappa shape index (κ2) is 7.98. The van der Waals surface area contributed by atoms with Crippen LogP contribution in [0.25, 0.3) is 11.2 Å². The standard InChI is InChI=1S/C14H18BBrN5O8P/c15-30(25)26-3-5-9(29-30)10(28-7(24)2-1-6(22)23)13(27-5)21-12-8(20-14(21)16)11(17)18-4-19-12/h4-5,9-10,13,25,30H,1-3,15H2,(H,22,23)(H2,17,18,19)/t5-,9-,10?,13-/m1/s1. The van der Waals surface area contributed by atoms with Crippen LogP contribution in [0.15, 0.2) is 11.1 Å². The molecule has 2 aliphatic heterocycles. The van der Waals surface area contributed by atoms with Crippen LogP contribution in [-0.2, 0) is 28.1 Å². The average Bonchev–Trinajstić information content (AvgIpc) is 3.17. The Labute approximate surface area is 178 Å². The van der Waals surface area contributed by atoms with Gasteiger partial charge in [-0.1, -0.05) is 0 Å². The summed E-state index contributed by atoms with van der Waals surface area (Å²) in [7, 11) is -2.00. The number of ether oxygens (including phenoxy) is 2. The van der Waals surface area contributed by atoms with Crippen molar-refractivity contribution in [1.29, 1.82) is 0 Å². The third-order valence-electron chi connectivity index (χ3n) is 4.68. The first kappa shape index (κ1) is 21.3. The van der Waals surface area contributed by atoms with Crippen molar-refractivity contribution in [3.05, 3.63) is 11.1 Å². The molecular formula is C14H18BBrN5O8P. The molecule has 0 bridgehead atoms. The van der Waals surface area contributed by atoms with Crippen molar-refractivity contribution in [3.8, 4) is 0 Å². The van der Waals surface area contributed by atoms with Gasteiger partial charge in [-0.15, -0.1) is 0 Å². The number of hydrogen-bond donors (Lipinski definition) is 3. The molecule has 0 amide bonds. The van der Waals surface area contributed by atoms with E-state index in [1.54, 1.807) is 0 Å². The zero-order valence-corrected chi connectivity index (χ0v) is 18.2. The van der Waals surface area contributed by atoms with Crippen LogP contribution in [0.5, 0.6) is 0 Å². The van der Waals surface area contributed by atoms with Gasteiger partial charge in [0.15, 0.2) is 0 Å². The van der Waals surface area contributed by atoms with Crippen LogP contribution in [0.3, 0.4) is 0 Å². The van der Waals surface area contributed by atoms with Gasteiger partial charge in [0.05, 0.1) is 0 Å². The van der Waals surface area contributed by atoms with Gasteiger partial charge in [-0.3, -0.25) is 0 Å². The number of carboxylic acid groups (broad SMARTS) is 1. The van der Waals surface area contributed by atoms with Crippen molar-refractivity contribution < 1.29 is 38.1 Å². The average molecular weight is 506 g/mol. The number of nitrogens with two attached hydrogens (primary N) is 1. The van der Waals surface area contributed by atoms with Gasteiger partial charge < -0.3 is 0 Å². The molecule has 0 spiro atoms. The van der Waals surface area contributed by atoms with Crippen molar-refractivity contribution in [1.82, 2.24) is 19.5 Å². The zero-order valence-electron chi connectivity index (χ0n) is 15.6. The van der Waals surface area contributed by atoms with E-state index in [0.717, 1.165) is 0 Å². The minimum atomic E-state index is -3.44. The number of halogens is 1. The molecule has 2 fully saturated rings. The molecule has 0 saturated carbocycles. The number of carboxylic acids is 1. The van der Waals surface area contributed by atoms with E-state index in [1.165, 1.54) is 18.5 Å². The van der Waals surface area contributed by atoms with Crippen LogP contribution in [0.1, 0.15) is 19.1 Å². The molecular weight excluding hydrogens is 488 g/mol. The molecule has 4 atom stereocenters. The van der Waals surface area contributed by atoms with Crippen molar-refractivity contribution in [3.63, 3.8) is 0 Å². The van der Waals surface area contributed by atoms with E-state index in [2.05, 4.69) is 30.9 Å². The predicted molar refractivity (Wildman–Crippen MR) is 108 cm³/mol. The third kappa shape index (κ3) is 4.00. The van der Waals surface area contributed by atoms with Crippen molar-refractivity contribution in [2.24, 2.45) is 0 Å². The normalized spacial score (nSPS) is 28.7. The quantitative estimate of drug-likeness (QED) is 0.201. The number of hydrogen-bond acceptors (Lipinski definition) is 11. The van der Waals surface area contributed by atoms with E-state index in [-0.39, 0.29) is 25.3 Å². The number of nitrogens with zero attached hydrogens (tertiary/aromatic N) is 4. The Kier molecular flexibility index (Phi) is 5.68. The van der Waals surface area contributed by atoms with Crippen molar-refractivity contribution in [2.75, 3.05) is 12.3 Å². The van der Waals surface area contributed by atoms with Gasteiger partial charge in [-0.2, -0.15) is 0 Å². The first-order chi connectivity index (χ1) is 14.2. The zero-order chi connectivity index (χ0) is 21.6.